The molecule has 102 valence electrons. The van der Waals surface area contributed by atoms with Gasteiger partial charge >= 0.3 is 0 Å². The van der Waals surface area contributed by atoms with Gasteiger partial charge in [0.05, 0.1) is 6.61 Å². The SMILES string of the molecule is CCOc1cc(C)c(-c2cc(N)on2)cc1C(C)C. The molecule has 0 radical (unpaired) electrons. The number of hydrogen-bond acceptors (Lipinski definition) is 4. The lowest BCUT2D eigenvalue weighted by molar-refractivity contribution is 0.335. The Morgan fingerprint density at radius 3 is 2.58 bits per heavy atom. The molecule has 2 aromatic rings. The number of anilines is 1. The van der Waals surface area contributed by atoms with Gasteiger partial charge in [0.2, 0.25) is 5.88 Å². The predicted octanol–water partition coefficient (Wildman–Crippen LogP) is 3.75. The molecule has 0 aliphatic carbocycles. The van der Waals surface area contributed by atoms with Crippen LogP contribution in [-0.2, 0) is 0 Å². The van der Waals surface area contributed by atoms with Crippen LogP contribution < -0.4 is 10.5 Å². The van der Waals surface area contributed by atoms with Crippen molar-refractivity contribution in [3.05, 3.63) is 29.3 Å². The second-order valence-corrected chi connectivity index (χ2v) is 4.91. The third-order valence-corrected chi connectivity index (χ3v) is 3.08. The molecule has 2 rings (SSSR count). The first-order chi connectivity index (χ1) is 9.02. The highest BCUT2D eigenvalue weighted by atomic mass is 16.5. The maximum Gasteiger partial charge on any atom is 0.222 e. The molecule has 0 spiro atoms. The van der Waals surface area contributed by atoms with Gasteiger partial charge in [0.15, 0.2) is 0 Å². The molecule has 0 unspecified atom stereocenters. The third kappa shape index (κ3) is 2.72. The van der Waals surface area contributed by atoms with E-state index in [-0.39, 0.29) is 0 Å². The maximum atomic E-state index is 5.71. The van der Waals surface area contributed by atoms with E-state index < -0.39 is 0 Å². The summed E-state index contributed by atoms with van der Waals surface area (Å²) in [5.41, 5.74) is 9.65. The van der Waals surface area contributed by atoms with E-state index in [0.717, 1.165) is 22.6 Å². The van der Waals surface area contributed by atoms with Crippen LogP contribution in [0.3, 0.4) is 0 Å². The molecule has 4 nitrogen and oxygen atoms in total. The lowest BCUT2D eigenvalue weighted by atomic mass is 9.95. The van der Waals surface area contributed by atoms with Crippen molar-refractivity contribution in [1.82, 2.24) is 5.16 Å². The van der Waals surface area contributed by atoms with Crippen LogP contribution in [-0.4, -0.2) is 11.8 Å². The second kappa shape index (κ2) is 5.34. The van der Waals surface area contributed by atoms with Crippen molar-refractivity contribution in [3.63, 3.8) is 0 Å². The monoisotopic (exact) mass is 260 g/mol. The quantitative estimate of drug-likeness (QED) is 0.909. The van der Waals surface area contributed by atoms with Crippen LogP contribution in [0.5, 0.6) is 5.75 Å². The first kappa shape index (κ1) is 13.5. The summed E-state index contributed by atoms with van der Waals surface area (Å²) in [4.78, 5) is 0. The number of nitrogens with two attached hydrogens (primary N) is 1. The van der Waals surface area contributed by atoms with Gasteiger partial charge in [0.1, 0.15) is 11.4 Å². The predicted molar refractivity (Wildman–Crippen MR) is 76.3 cm³/mol. The standard InChI is InChI=1S/C15H20N2O2/c1-5-18-14-6-10(4)12(7-11(14)9(2)3)13-8-15(16)19-17-13/h6-9H,5,16H2,1-4H3. The van der Waals surface area contributed by atoms with E-state index in [0.29, 0.717) is 18.4 Å². The van der Waals surface area contributed by atoms with Crippen LogP contribution in [0.1, 0.15) is 37.8 Å². The lowest BCUT2D eigenvalue weighted by Gasteiger charge is -2.16. The van der Waals surface area contributed by atoms with E-state index in [4.69, 9.17) is 15.0 Å². The van der Waals surface area contributed by atoms with Crippen LogP contribution in [0.4, 0.5) is 5.88 Å². The molecule has 1 aromatic carbocycles. The molecule has 0 bridgehead atoms. The van der Waals surface area contributed by atoms with Crippen molar-refractivity contribution >= 4 is 5.88 Å². The van der Waals surface area contributed by atoms with Gasteiger partial charge in [0, 0.05) is 11.6 Å². The maximum absolute atomic E-state index is 5.71. The van der Waals surface area contributed by atoms with Crippen molar-refractivity contribution in [2.75, 3.05) is 12.3 Å². The van der Waals surface area contributed by atoms with Crippen LogP contribution in [0.25, 0.3) is 11.3 Å². The number of aromatic nitrogens is 1. The average Bonchev–Trinajstić information content (AvgIpc) is 2.76. The number of aryl methyl sites for hydroxylation is 1. The minimum Gasteiger partial charge on any atom is -0.494 e. The Labute approximate surface area is 113 Å². The Morgan fingerprint density at radius 2 is 2.05 bits per heavy atom. The topological polar surface area (TPSA) is 61.3 Å². The molecule has 1 heterocycles. The molecular weight excluding hydrogens is 240 g/mol. The second-order valence-electron chi connectivity index (χ2n) is 4.91. The van der Waals surface area contributed by atoms with E-state index in [2.05, 4.69) is 31.1 Å². The summed E-state index contributed by atoms with van der Waals surface area (Å²) in [7, 11) is 0. The highest BCUT2D eigenvalue weighted by molar-refractivity contribution is 5.68. The van der Waals surface area contributed by atoms with Gasteiger partial charge in [-0.2, -0.15) is 0 Å². The number of nitrogen functional groups attached to an aromatic ring is 1. The molecule has 0 amide bonds. The number of hydrogen-bond donors (Lipinski definition) is 1. The minimum absolute atomic E-state index is 0.328. The van der Waals surface area contributed by atoms with Crippen molar-refractivity contribution in [1.29, 1.82) is 0 Å². The molecule has 0 aliphatic heterocycles. The van der Waals surface area contributed by atoms with Crippen LogP contribution in [0.2, 0.25) is 0 Å². The minimum atomic E-state index is 0.328. The molecule has 0 atom stereocenters. The van der Waals surface area contributed by atoms with E-state index in [9.17, 15) is 0 Å². The van der Waals surface area contributed by atoms with Crippen LogP contribution in [0, 0.1) is 6.92 Å². The van der Waals surface area contributed by atoms with Crippen molar-refractivity contribution in [3.8, 4) is 17.0 Å². The van der Waals surface area contributed by atoms with Gasteiger partial charge in [-0.05, 0) is 43.0 Å². The summed E-state index contributed by atoms with van der Waals surface area (Å²) in [5.74, 6) is 1.65. The zero-order valence-corrected chi connectivity index (χ0v) is 11.9. The van der Waals surface area contributed by atoms with Crippen molar-refractivity contribution < 1.29 is 9.26 Å². The molecule has 19 heavy (non-hydrogen) atoms. The van der Waals surface area contributed by atoms with E-state index in [1.807, 2.05) is 13.8 Å². The molecular formula is C15H20N2O2. The fourth-order valence-electron chi connectivity index (χ4n) is 2.12. The number of rotatable bonds is 4. The molecule has 0 saturated carbocycles. The smallest absolute Gasteiger partial charge is 0.222 e. The molecule has 0 fully saturated rings. The Balaban J connectivity index is 2.54. The Kier molecular flexibility index (Phi) is 3.79. The molecule has 1 aromatic heterocycles. The first-order valence-electron chi connectivity index (χ1n) is 6.52. The Hall–Kier alpha value is -1.97. The van der Waals surface area contributed by atoms with Gasteiger partial charge in [-0.1, -0.05) is 19.0 Å². The summed E-state index contributed by atoms with van der Waals surface area (Å²) in [5, 5.41) is 3.98. The molecule has 2 N–H and O–H groups in total. The van der Waals surface area contributed by atoms with Crippen LogP contribution in [0.15, 0.2) is 22.7 Å². The van der Waals surface area contributed by atoms with Crippen molar-refractivity contribution in [2.45, 2.75) is 33.6 Å². The highest BCUT2D eigenvalue weighted by Gasteiger charge is 2.14. The van der Waals surface area contributed by atoms with Gasteiger partial charge in [-0.25, -0.2) is 0 Å². The Bertz CT molecular complexity index is 574. The van der Waals surface area contributed by atoms with Crippen molar-refractivity contribution in [2.24, 2.45) is 0 Å². The summed E-state index contributed by atoms with van der Waals surface area (Å²) >= 11 is 0. The largest absolute Gasteiger partial charge is 0.494 e. The molecule has 0 saturated heterocycles. The summed E-state index contributed by atoms with van der Waals surface area (Å²) in [6.45, 7) is 8.98. The van der Waals surface area contributed by atoms with E-state index in [1.54, 1.807) is 6.07 Å². The van der Waals surface area contributed by atoms with E-state index >= 15 is 0 Å². The van der Waals surface area contributed by atoms with Gasteiger partial charge in [-0.3, -0.25) is 0 Å². The summed E-state index contributed by atoms with van der Waals surface area (Å²) in [6.07, 6.45) is 0. The summed E-state index contributed by atoms with van der Waals surface area (Å²) in [6, 6.07) is 5.91. The third-order valence-electron chi connectivity index (χ3n) is 3.08. The van der Waals surface area contributed by atoms with Gasteiger partial charge in [-0.15, -0.1) is 0 Å². The number of ether oxygens (including phenoxy) is 1. The van der Waals surface area contributed by atoms with E-state index in [1.165, 1.54) is 5.56 Å². The molecule has 0 aliphatic rings. The Morgan fingerprint density at radius 1 is 1.32 bits per heavy atom. The summed E-state index contributed by atoms with van der Waals surface area (Å²) < 4.78 is 10.7. The normalized spacial score (nSPS) is 11.0. The van der Waals surface area contributed by atoms with Crippen LogP contribution >= 0.6 is 0 Å². The first-order valence-corrected chi connectivity index (χ1v) is 6.52. The highest BCUT2D eigenvalue weighted by Crippen LogP contribution is 2.34. The zero-order chi connectivity index (χ0) is 14.0. The number of benzene rings is 1. The zero-order valence-electron chi connectivity index (χ0n) is 11.9. The average molecular weight is 260 g/mol. The fourth-order valence-corrected chi connectivity index (χ4v) is 2.12. The van der Waals surface area contributed by atoms with Gasteiger partial charge < -0.3 is 15.0 Å². The number of nitrogens with zero attached hydrogens (tertiary/aromatic N) is 1. The molecule has 4 heteroatoms. The van der Waals surface area contributed by atoms with Gasteiger partial charge in [0.25, 0.3) is 0 Å². The lowest BCUT2D eigenvalue weighted by Crippen LogP contribution is -2.00. The fraction of sp³-hybridized carbons (Fsp3) is 0.400.